The van der Waals surface area contributed by atoms with Crippen LogP contribution < -0.4 is 11.1 Å². The van der Waals surface area contributed by atoms with Crippen LogP contribution in [0, 0.1) is 5.41 Å². The van der Waals surface area contributed by atoms with Crippen LogP contribution in [-0.2, 0) is 17.6 Å². The predicted molar refractivity (Wildman–Crippen MR) is 70.2 cm³/mol. The van der Waals surface area contributed by atoms with Gasteiger partial charge in [0, 0.05) is 11.4 Å². The molecule has 0 aromatic carbocycles. The van der Waals surface area contributed by atoms with Gasteiger partial charge in [-0.15, -0.1) is 11.3 Å². The molecule has 1 aromatic heterocycles. The van der Waals surface area contributed by atoms with Gasteiger partial charge in [-0.1, -0.05) is 0 Å². The van der Waals surface area contributed by atoms with Crippen molar-refractivity contribution < 1.29 is 4.79 Å². The fourth-order valence-corrected chi connectivity index (χ4v) is 2.81. The Morgan fingerprint density at radius 2 is 2.18 bits per heavy atom. The van der Waals surface area contributed by atoms with Crippen LogP contribution in [0.4, 0.5) is 5.13 Å². The van der Waals surface area contributed by atoms with Crippen molar-refractivity contribution in [2.24, 2.45) is 11.1 Å². The number of carbonyl (C=O) groups is 1. The second-order valence-electron chi connectivity index (χ2n) is 5.14. The van der Waals surface area contributed by atoms with Gasteiger partial charge in [-0.2, -0.15) is 0 Å². The number of nitrogens with two attached hydrogens (primary N) is 1. The highest BCUT2D eigenvalue weighted by molar-refractivity contribution is 7.15. The quantitative estimate of drug-likeness (QED) is 0.865. The molecular weight excluding hydrogens is 234 g/mol. The van der Waals surface area contributed by atoms with Crippen molar-refractivity contribution in [2.45, 2.75) is 39.5 Å². The summed E-state index contributed by atoms with van der Waals surface area (Å²) in [6.45, 7) is 4.02. The lowest BCUT2D eigenvalue weighted by molar-refractivity contribution is -0.123. The Labute approximate surface area is 106 Å². The van der Waals surface area contributed by atoms with Crippen LogP contribution in [-0.4, -0.2) is 17.4 Å². The Balaban J connectivity index is 2.09. The van der Waals surface area contributed by atoms with Crippen molar-refractivity contribution in [3.63, 3.8) is 0 Å². The number of carbonyl (C=O) groups excluding carboxylic acids is 1. The molecule has 1 aliphatic rings. The van der Waals surface area contributed by atoms with Gasteiger partial charge in [-0.3, -0.25) is 4.79 Å². The molecule has 0 spiro atoms. The third-order valence-electron chi connectivity index (χ3n) is 3.19. The molecular formula is C12H19N3OS. The van der Waals surface area contributed by atoms with Crippen LogP contribution in [0.15, 0.2) is 0 Å². The van der Waals surface area contributed by atoms with Gasteiger partial charge < -0.3 is 11.1 Å². The summed E-state index contributed by atoms with van der Waals surface area (Å²) >= 11 is 1.61. The van der Waals surface area contributed by atoms with Gasteiger partial charge in [0.1, 0.15) is 0 Å². The van der Waals surface area contributed by atoms with Crippen LogP contribution in [0.2, 0.25) is 0 Å². The number of thiazole rings is 1. The molecule has 1 amide bonds. The zero-order valence-electron chi connectivity index (χ0n) is 10.4. The number of rotatable bonds is 3. The molecule has 3 N–H and O–H groups in total. The normalized spacial score (nSPS) is 15.5. The number of fused-ring (bicyclic) bond motifs is 1. The SMILES string of the molecule is CC(C)(CN)C(=O)Nc1nc2c(s1)CCCC2. The standard InChI is InChI=1S/C12H19N3OS/c1-12(2,7-13)10(16)15-11-14-8-5-3-4-6-9(8)17-11/h3-7,13H2,1-2H3,(H,14,15,16). The van der Waals surface area contributed by atoms with E-state index in [0.717, 1.165) is 18.0 Å². The summed E-state index contributed by atoms with van der Waals surface area (Å²) in [5.41, 5.74) is 6.21. The highest BCUT2D eigenvalue weighted by Crippen LogP contribution is 2.30. The summed E-state index contributed by atoms with van der Waals surface area (Å²) < 4.78 is 0. The predicted octanol–water partition coefficient (Wildman–Crippen LogP) is 1.95. The number of nitrogens with zero attached hydrogens (tertiary/aromatic N) is 1. The van der Waals surface area contributed by atoms with Gasteiger partial charge in [-0.05, 0) is 39.5 Å². The molecule has 1 aliphatic carbocycles. The smallest absolute Gasteiger partial charge is 0.233 e. The molecule has 0 unspecified atom stereocenters. The van der Waals surface area contributed by atoms with E-state index in [9.17, 15) is 4.79 Å². The monoisotopic (exact) mass is 253 g/mol. The van der Waals surface area contributed by atoms with E-state index >= 15 is 0 Å². The van der Waals surface area contributed by atoms with Crippen molar-refractivity contribution in [2.75, 3.05) is 11.9 Å². The molecule has 0 aliphatic heterocycles. The number of hydrogen-bond acceptors (Lipinski definition) is 4. The maximum absolute atomic E-state index is 12.0. The van der Waals surface area contributed by atoms with Gasteiger partial charge in [0.05, 0.1) is 11.1 Å². The lowest BCUT2D eigenvalue weighted by Crippen LogP contribution is -2.37. The highest BCUT2D eigenvalue weighted by Gasteiger charge is 2.27. The molecule has 1 aromatic rings. The first-order valence-corrected chi connectivity index (χ1v) is 6.84. The van der Waals surface area contributed by atoms with E-state index < -0.39 is 5.41 Å². The Bertz CT molecular complexity index is 402. The summed E-state index contributed by atoms with van der Waals surface area (Å²) in [6.07, 6.45) is 4.58. The minimum atomic E-state index is -0.536. The molecule has 17 heavy (non-hydrogen) atoms. The maximum atomic E-state index is 12.0. The Morgan fingerprint density at radius 3 is 2.82 bits per heavy atom. The number of aryl methyl sites for hydroxylation is 2. The summed E-state index contributed by atoms with van der Waals surface area (Å²) in [7, 11) is 0. The fraction of sp³-hybridized carbons (Fsp3) is 0.667. The molecule has 94 valence electrons. The topological polar surface area (TPSA) is 68.0 Å². The lowest BCUT2D eigenvalue weighted by Gasteiger charge is -2.19. The van der Waals surface area contributed by atoms with Gasteiger partial charge in [-0.25, -0.2) is 4.98 Å². The van der Waals surface area contributed by atoms with E-state index in [2.05, 4.69) is 10.3 Å². The zero-order valence-corrected chi connectivity index (χ0v) is 11.2. The first kappa shape index (κ1) is 12.5. The largest absolute Gasteiger partial charge is 0.329 e. The minimum absolute atomic E-state index is 0.0499. The van der Waals surface area contributed by atoms with E-state index in [1.54, 1.807) is 11.3 Å². The molecule has 4 nitrogen and oxygen atoms in total. The van der Waals surface area contributed by atoms with Crippen molar-refractivity contribution >= 4 is 22.4 Å². The Hall–Kier alpha value is -0.940. The van der Waals surface area contributed by atoms with Crippen molar-refractivity contribution in [3.05, 3.63) is 10.6 Å². The first-order chi connectivity index (χ1) is 8.03. The Morgan fingerprint density at radius 1 is 1.47 bits per heavy atom. The number of anilines is 1. The van der Waals surface area contributed by atoms with Crippen LogP contribution >= 0.6 is 11.3 Å². The molecule has 0 saturated carbocycles. The van der Waals surface area contributed by atoms with Gasteiger partial charge in [0.25, 0.3) is 0 Å². The number of aromatic nitrogens is 1. The van der Waals surface area contributed by atoms with Crippen LogP contribution in [0.5, 0.6) is 0 Å². The fourth-order valence-electron chi connectivity index (χ4n) is 1.76. The summed E-state index contributed by atoms with van der Waals surface area (Å²) in [5.74, 6) is -0.0499. The zero-order chi connectivity index (χ0) is 12.5. The second-order valence-corrected chi connectivity index (χ2v) is 6.22. The first-order valence-electron chi connectivity index (χ1n) is 6.03. The van der Waals surface area contributed by atoms with Crippen LogP contribution in [0.3, 0.4) is 0 Å². The van der Waals surface area contributed by atoms with Gasteiger partial charge in [0.15, 0.2) is 5.13 Å². The van der Waals surface area contributed by atoms with Crippen LogP contribution in [0.1, 0.15) is 37.3 Å². The molecule has 1 heterocycles. The molecule has 0 bridgehead atoms. The van der Waals surface area contributed by atoms with E-state index in [4.69, 9.17) is 5.73 Å². The molecule has 2 rings (SSSR count). The van der Waals surface area contributed by atoms with Crippen molar-refractivity contribution in [1.82, 2.24) is 4.98 Å². The molecule has 0 saturated heterocycles. The Kier molecular flexibility index (Phi) is 3.49. The van der Waals surface area contributed by atoms with E-state index in [0.29, 0.717) is 6.54 Å². The van der Waals surface area contributed by atoms with E-state index in [1.165, 1.54) is 23.4 Å². The summed E-state index contributed by atoms with van der Waals surface area (Å²) in [5, 5.41) is 3.60. The number of amides is 1. The molecule has 5 heteroatoms. The van der Waals surface area contributed by atoms with Gasteiger partial charge >= 0.3 is 0 Å². The van der Waals surface area contributed by atoms with E-state index in [1.807, 2.05) is 13.8 Å². The average Bonchev–Trinajstić information content (AvgIpc) is 2.70. The lowest BCUT2D eigenvalue weighted by atomic mass is 9.93. The highest BCUT2D eigenvalue weighted by atomic mass is 32.1. The third-order valence-corrected chi connectivity index (χ3v) is 4.26. The average molecular weight is 253 g/mol. The van der Waals surface area contributed by atoms with Gasteiger partial charge in [0.2, 0.25) is 5.91 Å². The van der Waals surface area contributed by atoms with Crippen molar-refractivity contribution in [3.8, 4) is 0 Å². The molecule has 0 fully saturated rings. The number of nitrogens with one attached hydrogen (secondary N) is 1. The number of hydrogen-bond donors (Lipinski definition) is 2. The third kappa shape index (κ3) is 2.66. The summed E-state index contributed by atoms with van der Waals surface area (Å²) in [4.78, 5) is 17.8. The molecule has 0 atom stereocenters. The van der Waals surface area contributed by atoms with Crippen LogP contribution in [0.25, 0.3) is 0 Å². The maximum Gasteiger partial charge on any atom is 0.233 e. The summed E-state index contributed by atoms with van der Waals surface area (Å²) in [6, 6.07) is 0. The van der Waals surface area contributed by atoms with Crippen molar-refractivity contribution in [1.29, 1.82) is 0 Å². The van der Waals surface area contributed by atoms with E-state index in [-0.39, 0.29) is 5.91 Å². The second kappa shape index (κ2) is 4.74. The minimum Gasteiger partial charge on any atom is -0.329 e. The molecule has 0 radical (unpaired) electrons.